The van der Waals surface area contributed by atoms with Gasteiger partial charge in [0.15, 0.2) is 5.76 Å². The van der Waals surface area contributed by atoms with Gasteiger partial charge < -0.3 is 19.8 Å². The van der Waals surface area contributed by atoms with E-state index >= 15 is 0 Å². The van der Waals surface area contributed by atoms with E-state index in [4.69, 9.17) is 9.15 Å². The molecule has 0 aliphatic heterocycles. The van der Waals surface area contributed by atoms with Crippen LogP contribution in [0.5, 0.6) is 5.75 Å². The fourth-order valence-corrected chi connectivity index (χ4v) is 3.32. The molecule has 3 aromatic carbocycles. The van der Waals surface area contributed by atoms with Gasteiger partial charge in [-0.15, -0.1) is 0 Å². The molecule has 4 aromatic rings. The zero-order valence-corrected chi connectivity index (χ0v) is 18.3. The molecule has 33 heavy (non-hydrogen) atoms. The summed E-state index contributed by atoms with van der Waals surface area (Å²) in [6, 6.07) is 21.6. The maximum atomic E-state index is 13.0. The summed E-state index contributed by atoms with van der Waals surface area (Å²) in [7, 11) is 0. The molecule has 0 spiro atoms. The molecule has 0 atom stereocenters. The third-order valence-corrected chi connectivity index (χ3v) is 4.82. The van der Waals surface area contributed by atoms with E-state index in [0.717, 1.165) is 11.3 Å². The summed E-state index contributed by atoms with van der Waals surface area (Å²) >= 11 is 0. The highest BCUT2D eigenvalue weighted by Gasteiger charge is 2.17. The molecule has 1 heterocycles. The number of ether oxygens (including phenoxy) is 1. The number of amides is 2. The van der Waals surface area contributed by atoms with E-state index in [2.05, 4.69) is 15.6 Å². The molecule has 1 aromatic heterocycles. The molecule has 0 radical (unpaired) electrons. The number of carbonyl (C=O) groups is 2. The highest BCUT2D eigenvalue weighted by atomic mass is 16.5. The topological polar surface area (TPSA) is 93.5 Å². The van der Waals surface area contributed by atoms with Crippen molar-refractivity contribution in [3.8, 4) is 28.5 Å². The van der Waals surface area contributed by atoms with E-state index in [1.54, 1.807) is 48.7 Å². The fourth-order valence-electron chi connectivity index (χ4n) is 3.32. The monoisotopic (exact) mass is 441 g/mol. The number of nitrogens with one attached hydrogen (secondary N) is 2. The van der Waals surface area contributed by atoms with Gasteiger partial charge in [0.1, 0.15) is 5.75 Å². The molecule has 7 nitrogen and oxygen atoms in total. The summed E-state index contributed by atoms with van der Waals surface area (Å²) in [6.45, 7) is 3.98. The Morgan fingerprint density at radius 3 is 2.24 bits per heavy atom. The Bertz CT molecular complexity index is 1260. The number of aromatic nitrogens is 1. The summed E-state index contributed by atoms with van der Waals surface area (Å²) in [5.41, 5.74) is 3.14. The van der Waals surface area contributed by atoms with Gasteiger partial charge in [-0.1, -0.05) is 12.1 Å². The van der Waals surface area contributed by atoms with E-state index in [1.165, 1.54) is 6.92 Å². The van der Waals surface area contributed by atoms with Gasteiger partial charge in [0.05, 0.1) is 18.4 Å². The predicted octanol–water partition coefficient (Wildman–Crippen LogP) is 5.62. The number of hydrogen-bond donors (Lipinski definition) is 2. The molecule has 7 heteroatoms. The molecule has 0 saturated heterocycles. The van der Waals surface area contributed by atoms with Crippen LogP contribution in [0.3, 0.4) is 0 Å². The first-order valence-electron chi connectivity index (χ1n) is 10.5. The Kier molecular flexibility index (Phi) is 6.50. The van der Waals surface area contributed by atoms with Gasteiger partial charge in [-0.3, -0.25) is 9.59 Å². The highest BCUT2D eigenvalue weighted by Crippen LogP contribution is 2.29. The minimum absolute atomic E-state index is 0.156. The van der Waals surface area contributed by atoms with Gasteiger partial charge in [0.2, 0.25) is 11.8 Å². The largest absolute Gasteiger partial charge is 0.494 e. The molecule has 166 valence electrons. The van der Waals surface area contributed by atoms with E-state index in [9.17, 15) is 9.59 Å². The standard InChI is InChI=1S/C26H23N3O4/c1-3-32-21-14-8-18(9-15-21)24-16-27-26(33-24)23-7-5-4-6-22(23)25(31)29-20-12-10-19(11-13-20)28-17(2)30/h4-16H,3H2,1-2H3,(H,28,30)(H,29,31). The van der Waals surface area contributed by atoms with Crippen molar-refractivity contribution in [2.75, 3.05) is 17.2 Å². The number of anilines is 2. The van der Waals surface area contributed by atoms with Crippen molar-refractivity contribution in [2.24, 2.45) is 0 Å². The van der Waals surface area contributed by atoms with Gasteiger partial charge in [0, 0.05) is 29.4 Å². The van der Waals surface area contributed by atoms with Gasteiger partial charge in [0.25, 0.3) is 5.91 Å². The molecule has 0 aliphatic carbocycles. The Morgan fingerprint density at radius 1 is 0.909 bits per heavy atom. The van der Waals surface area contributed by atoms with Crippen LogP contribution in [-0.2, 0) is 4.79 Å². The molecule has 4 rings (SSSR count). The average molecular weight is 441 g/mol. The number of rotatable bonds is 7. The lowest BCUT2D eigenvalue weighted by molar-refractivity contribution is -0.114. The lowest BCUT2D eigenvalue weighted by atomic mass is 10.1. The van der Waals surface area contributed by atoms with Crippen LogP contribution in [0.25, 0.3) is 22.8 Å². The van der Waals surface area contributed by atoms with Crippen LogP contribution >= 0.6 is 0 Å². The smallest absolute Gasteiger partial charge is 0.256 e. The van der Waals surface area contributed by atoms with Crippen molar-refractivity contribution in [3.05, 3.63) is 84.6 Å². The third kappa shape index (κ3) is 5.27. The Hall–Kier alpha value is -4.39. The second-order valence-corrected chi connectivity index (χ2v) is 7.25. The average Bonchev–Trinajstić information content (AvgIpc) is 3.31. The summed E-state index contributed by atoms with van der Waals surface area (Å²) in [5.74, 6) is 1.28. The maximum Gasteiger partial charge on any atom is 0.256 e. The van der Waals surface area contributed by atoms with Gasteiger partial charge >= 0.3 is 0 Å². The Balaban J connectivity index is 1.54. The molecule has 0 aliphatic rings. The van der Waals surface area contributed by atoms with Crippen molar-refractivity contribution in [1.29, 1.82) is 0 Å². The fraction of sp³-hybridized carbons (Fsp3) is 0.115. The Labute approximate surface area is 191 Å². The molecular weight excluding hydrogens is 418 g/mol. The number of oxazole rings is 1. The van der Waals surface area contributed by atoms with Crippen LogP contribution < -0.4 is 15.4 Å². The SMILES string of the molecule is CCOc1ccc(-c2cnc(-c3ccccc3C(=O)Nc3ccc(NC(C)=O)cc3)o2)cc1. The van der Waals surface area contributed by atoms with Crippen LogP contribution in [0.15, 0.2) is 83.4 Å². The van der Waals surface area contributed by atoms with E-state index in [0.29, 0.717) is 40.8 Å². The zero-order valence-electron chi connectivity index (χ0n) is 18.3. The lowest BCUT2D eigenvalue weighted by Gasteiger charge is -2.09. The van der Waals surface area contributed by atoms with Crippen molar-refractivity contribution in [3.63, 3.8) is 0 Å². The number of benzene rings is 3. The van der Waals surface area contributed by atoms with Crippen LogP contribution in [0.1, 0.15) is 24.2 Å². The van der Waals surface area contributed by atoms with Crippen molar-refractivity contribution in [1.82, 2.24) is 4.98 Å². The summed E-state index contributed by atoms with van der Waals surface area (Å²) in [5, 5.41) is 5.56. The second-order valence-electron chi connectivity index (χ2n) is 7.25. The van der Waals surface area contributed by atoms with E-state index < -0.39 is 0 Å². The zero-order chi connectivity index (χ0) is 23.2. The van der Waals surface area contributed by atoms with Gasteiger partial charge in [-0.25, -0.2) is 4.98 Å². The van der Waals surface area contributed by atoms with Crippen molar-refractivity contribution in [2.45, 2.75) is 13.8 Å². The number of nitrogens with zero attached hydrogens (tertiary/aromatic N) is 1. The second kappa shape index (κ2) is 9.82. The number of hydrogen-bond acceptors (Lipinski definition) is 5. The molecule has 0 bridgehead atoms. The lowest BCUT2D eigenvalue weighted by Crippen LogP contribution is -2.13. The normalized spacial score (nSPS) is 10.5. The van der Waals surface area contributed by atoms with Crippen LogP contribution in [0, 0.1) is 0 Å². The predicted molar refractivity (Wildman–Crippen MR) is 127 cm³/mol. The van der Waals surface area contributed by atoms with Crippen LogP contribution in [-0.4, -0.2) is 23.4 Å². The van der Waals surface area contributed by atoms with E-state index in [-0.39, 0.29) is 11.8 Å². The molecule has 2 N–H and O–H groups in total. The quantitative estimate of drug-likeness (QED) is 0.388. The van der Waals surface area contributed by atoms with E-state index in [1.807, 2.05) is 37.3 Å². The van der Waals surface area contributed by atoms with Gasteiger partial charge in [-0.05, 0) is 67.6 Å². The van der Waals surface area contributed by atoms with Crippen LogP contribution in [0.2, 0.25) is 0 Å². The molecule has 0 saturated carbocycles. The van der Waals surface area contributed by atoms with Crippen molar-refractivity contribution >= 4 is 23.2 Å². The molecule has 0 unspecified atom stereocenters. The summed E-state index contributed by atoms with van der Waals surface area (Å²) < 4.78 is 11.5. The summed E-state index contributed by atoms with van der Waals surface area (Å²) in [4.78, 5) is 28.5. The molecular formula is C26H23N3O4. The van der Waals surface area contributed by atoms with Crippen molar-refractivity contribution < 1.29 is 18.7 Å². The minimum atomic E-state index is -0.293. The number of carbonyl (C=O) groups excluding carboxylic acids is 2. The first kappa shape index (κ1) is 21.8. The first-order valence-corrected chi connectivity index (χ1v) is 10.5. The third-order valence-electron chi connectivity index (χ3n) is 4.82. The maximum absolute atomic E-state index is 13.0. The Morgan fingerprint density at radius 2 is 1.58 bits per heavy atom. The minimum Gasteiger partial charge on any atom is -0.494 e. The van der Waals surface area contributed by atoms with Gasteiger partial charge in [-0.2, -0.15) is 0 Å². The molecule has 0 fully saturated rings. The molecule has 2 amide bonds. The van der Waals surface area contributed by atoms with Crippen LogP contribution in [0.4, 0.5) is 11.4 Å². The highest BCUT2D eigenvalue weighted by molar-refractivity contribution is 6.08. The summed E-state index contributed by atoms with van der Waals surface area (Å²) in [6.07, 6.45) is 1.64. The first-order chi connectivity index (χ1) is 16.0.